The SMILES string of the molecule is CCCCC(C)Cn1c(SCC(N)=O)nnc1-c1ccc(Cl)cc1. The third-order valence-corrected chi connectivity index (χ3v) is 4.95. The number of benzene rings is 1. The van der Waals surface area contributed by atoms with Gasteiger partial charge in [-0.2, -0.15) is 0 Å². The van der Waals surface area contributed by atoms with E-state index < -0.39 is 0 Å². The number of nitrogens with two attached hydrogens (primary N) is 1. The lowest BCUT2D eigenvalue weighted by molar-refractivity contribution is -0.115. The molecule has 0 saturated heterocycles. The molecule has 0 aliphatic carbocycles. The van der Waals surface area contributed by atoms with Crippen molar-refractivity contribution in [3.63, 3.8) is 0 Å². The van der Waals surface area contributed by atoms with Gasteiger partial charge in [0.15, 0.2) is 11.0 Å². The molecule has 0 aliphatic rings. The molecule has 130 valence electrons. The van der Waals surface area contributed by atoms with Gasteiger partial charge in [-0.3, -0.25) is 4.79 Å². The number of primary amides is 1. The first-order valence-corrected chi connectivity index (χ1v) is 9.47. The van der Waals surface area contributed by atoms with E-state index in [0.717, 1.165) is 29.5 Å². The number of thioether (sulfide) groups is 1. The number of halogens is 1. The number of carbonyl (C=O) groups excluding carboxylic acids is 1. The highest BCUT2D eigenvalue weighted by molar-refractivity contribution is 7.99. The van der Waals surface area contributed by atoms with E-state index in [1.807, 2.05) is 24.3 Å². The van der Waals surface area contributed by atoms with E-state index in [1.165, 1.54) is 24.6 Å². The van der Waals surface area contributed by atoms with Crippen molar-refractivity contribution in [2.24, 2.45) is 11.7 Å². The first-order chi connectivity index (χ1) is 11.5. The molecule has 0 bridgehead atoms. The van der Waals surface area contributed by atoms with Gasteiger partial charge in [-0.15, -0.1) is 10.2 Å². The van der Waals surface area contributed by atoms with Crippen LogP contribution in [-0.2, 0) is 11.3 Å². The van der Waals surface area contributed by atoms with Crippen LogP contribution in [0.2, 0.25) is 5.02 Å². The van der Waals surface area contributed by atoms with Crippen LogP contribution in [0.5, 0.6) is 0 Å². The lowest BCUT2D eigenvalue weighted by atomic mass is 10.0. The molecule has 2 aromatic rings. The highest BCUT2D eigenvalue weighted by Gasteiger charge is 2.17. The smallest absolute Gasteiger partial charge is 0.227 e. The summed E-state index contributed by atoms with van der Waals surface area (Å²) >= 11 is 7.30. The van der Waals surface area contributed by atoms with Gasteiger partial charge in [-0.1, -0.05) is 50.1 Å². The molecule has 5 nitrogen and oxygen atoms in total. The molecule has 1 aromatic heterocycles. The zero-order valence-electron chi connectivity index (χ0n) is 14.0. The van der Waals surface area contributed by atoms with E-state index in [-0.39, 0.29) is 11.7 Å². The van der Waals surface area contributed by atoms with Crippen LogP contribution >= 0.6 is 23.4 Å². The normalized spacial score (nSPS) is 12.3. The molecular formula is C17H23ClN4OS. The second-order valence-corrected chi connectivity index (χ2v) is 7.31. The molecule has 2 rings (SSSR count). The molecule has 0 aliphatic heterocycles. The van der Waals surface area contributed by atoms with E-state index >= 15 is 0 Å². The molecule has 0 radical (unpaired) electrons. The van der Waals surface area contributed by atoms with Gasteiger partial charge in [0.1, 0.15) is 0 Å². The highest BCUT2D eigenvalue weighted by atomic mass is 35.5. The van der Waals surface area contributed by atoms with Gasteiger partial charge in [-0.05, 0) is 36.6 Å². The van der Waals surface area contributed by atoms with Gasteiger partial charge < -0.3 is 10.3 Å². The van der Waals surface area contributed by atoms with Crippen molar-refractivity contribution in [1.82, 2.24) is 14.8 Å². The molecule has 7 heteroatoms. The fourth-order valence-electron chi connectivity index (χ4n) is 2.46. The maximum absolute atomic E-state index is 11.1. The third kappa shape index (κ3) is 5.24. The molecule has 1 aromatic carbocycles. The molecule has 0 saturated carbocycles. The number of carbonyl (C=O) groups is 1. The van der Waals surface area contributed by atoms with Crippen molar-refractivity contribution in [3.05, 3.63) is 29.3 Å². The predicted octanol–water partition coefficient (Wildman–Crippen LogP) is 4.00. The summed E-state index contributed by atoms with van der Waals surface area (Å²) in [5, 5.41) is 9.99. The molecule has 2 N–H and O–H groups in total. The number of hydrogen-bond acceptors (Lipinski definition) is 4. The maximum atomic E-state index is 11.1. The molecule has 1 unspecified atom stereocenters. The van der Waals surface area contributed by atoms with Crippen molar-refractivity contribution in [2.75, 3.05) is 5.75 Å². The summed E-state index contributed by atoms with van der Waals surface area (Å²) in [5.41, 5.74) is 6.22. The maximum Gasteiger partial charge on any atom is 0.227 e. The Morgan fingerprint density at radius 3 is 2.67 bits per heavy atom. The molecule has 24 heavy (non-hydrogen) atoms. The number of unbranched alkanes of at least 4 members (excludes halogenated alkanes) is 1. The Morgan fingerprint density at radius 1 is 1.33 bits per heavy atom. The van der Waals surface area contributed by atoms with Crippen LogP contribution in [0, 0.1) is 5.92 Å². The van der Waals surface area contributed by atoms with E-state index in [2.05, 4.69) is 28.6 Å². The number of aromatic nitrogens is 3. The molecule has 0 spiro atoms. The Hall–Kier alpha value is -1.53. The Kier molecular flexibility index (Phi) is 7.12. The molecule has 0 fully saturated rings. The minimum absolute atomic E-state index is 0.197. The van der Waals surface area contributed by atoms with Gasteiger partial charge in [0.2, 0.25) is 5.91 Å². The Bertz CT molecular complexity index is 672. The van der Waals surface area contributed by atoms with Crippen LogP contribution in [0.3, 0.4) is 0 Å². The minimum Gasteiger partial charge on any atom is -0.369 e. The third-order valence-electron chi connectivity index (χ3n) is 3.71. The van der Waals surface area contributed by atoms with Crippen LogP contribution < -0.4 is 5.73 Å². The van der Waals surface area contributed by atoms with Gasteiger partial charge >= 0.3 is 0 Å². The average molecular weight is 367 g/mol. The predicted molar refractivity (Wildman–Crippen MR) is 99.1 cm³/mol. The second kappa shape index (κ2) is 9.08. The Labute approximate surface area is 152 Å². The number of amides is 1. The van der Waals surface area contributed by atoms with Crippen LogP contribution in [0.4, 0.5) is 0 Å². The van der Waals surface area contributed by atoms with Gasteiger partial charge in [0.05, 0.1) is 5.75 Å². The number of nitrogens with zero attached hydrogens (tertiary/aromatic N) is 3. The summed E-state index contributed by atoms with van der Waals surface area (Å²) in [6.45, 7) is 5.23. The van der Waals surface area contributed by atoms with Crippen molar-refractivity contribution in [2.45, 2.75) is 44.8 Å². The van der Waals surface area contributed by atoms with Crippen molar-refractivity contribution < 1.29 is 4.79 Å². The molecule has 1 heterocycles. The summed E-state index contributed by atoms with van der Waals surface area (Å²) in [7, 11) is 0. The van der Waals surface area contributed by atoms with E-state index in [1.54, 1.807) is 0 Å². The fourth-order valence-corrected chi connectivity index (χ4v) is 3.28. The largest absolute Gasteiger partial charge is 0.369 e. The molecule has 1 amide bonds. The highest BCUT2D eigenvalue weighted by Crippen LogP contribution is 2.27. The molecule has 1 atom stereocenters. The van der Waals surface area contributed by atoms with Crippen molar-refractivity contribution >= 4 is 29.3 Å². The standard InChI is InChI=1S/C17H23ClN4OS/c1-3-4-5-12(2)10-22-16(13-6-8-14(18)9-7-13)20-21-17(22)24-11-15(19)23/h6-9,12H,3-5,10-11H2,1-2H3,(H2,19,23). The number of rotatable bonds is 9. The molecular weight excluding hydrogens is 344 g/mol. The zero-order chi connectivity index (χ0) is 17.5. The van der Waals surface area contributed by atoms with Crippen molar-refractivity contribution in [1.29, 1.82) is 0 Å². The van der Waals surface area contributed by atoms with E-state index in [4.69, 9.17) is 17.3 Å². The van der Waals surface area contributed by atoms with Gasteiger partial charge in [0.25, 0.3) is 0 Å². The summed E-state index contributed by atoms with van der Waals surface area (Å²) in [6, 6.07) is 7.55. The second-order valence-electron chi connectivity index (χ2n) is 5.93. The van der Waals surface area contributed by atoms with Crippen LogP contribution in [0.1, 0.15) is 33.1 Å². The van der Waals surface area contributed by atoms with E-state index in [0.29, 0.717) is 10.9 Å². The van der Waals surface area contributed by atoms with Crippen LogP contribution in [-0.4, -0.2) is 26.4 Å². The summed E-state index contributed by atoms with van der Waals surface area (Å²) in [6.07, 6.45) is 3.53. The van der Waals surface area contributed by atoms with E-state index in [9.17, 15) is 4.79 Å². The minimum atomic E-state index is -0.360. The van der Waals surface area contributed by atoms with Crippen LogP contribution in [0.15, 0.2) is 29.4 Å². The van der Waals surface area contributed by atoms with Gasteiger partial charge in [-0.25, -0.2) is 0 Å². The summed E-state index contributed by atoms with van der Waals surface area (Å²) in [4.78, 5) is 11.1. The Balaban J connectivity index is 2.28. The quantitative estimate of drug-likeness (QED) is 0.680. The summed E-state index contributed by atoms with van der Waals surface area (Å²) < 4.78 is 2.08. The Morgan fingerprint density at radius 2 is 2.04 bits per heavy atom. The monoisotopic (exact) mass is 366 g/mol. The topological polar surface area (TPSA) is 73.8 Å². The first-order valence-electron chi connectivity index (χ1n) is 8.11. The zero-order valence-corrected chi connectivity index (χ0v) is 15.6. The number of hydrogen-bond donors (Lipinski definition) is 1. The summed E-state index contributed by atoms with van der Waals surface area (Å²) in [5.74, 6) is 1.13. The van der Waals surface area contributed by atoms with Crippen LogP contribution in [0.25, 0.3) is 11.4 Å². The average Bonchev–Trinajstić information content (AvgIpc) is 2.94. The lowest BCUT2D eigenvalue weighted by Gasteiger charge is -2.15. The van der Waals surface area contributed by atoms with Crippen molar-refractivity contribution in [3.8, 4) is 11.4 Å². The first kappa shape index (κ1) is 18.8. The van der Waals surface area contributed by atoms with Gasteiger partial charge in [0, 0.05) is 17.1 Å². The lowest BCUT2D eigenvalue weighted by Crippen LogP contribution is -2.15. The fraction of sp³-hybridized carbons (Fsp3) is 0.471.